The van der Waals surface area contributed by atoms with Crippen LogP contribution in [0.4, 0.5) is 0 Å². The Morgan fingerprint density at radius 3 is 3.06 bits per heavy atom. The maximum Gasteiger partial charge on any atom is 0.0302 e. The van der Waals surface area contributed by atoms with Gasteiger partial charge in [0.15, 0.2) is 0 Å². The summed E-state index contributed by atoms with van der Waals surface area (Å²) in [5, 5.41) is 7.05. The Bertz CT molecular complexity index is 324. The maximum absolute atomic E-state index is 3.59. The predicted molar refractivity (Wildman–Crippen MR) is 75.8 cm³/mol. The number of hydrogen-bond donors (Lipinski definition) is 2. The summed E-state index contributed by atoms with van der Waals surface area (Å²) in [5.74, 6) is 0. The molecule has 1 unspecified atom stereocenters. The van der Waals surface area contributed by atoms with Gasteiger partial charge in [0.25, 0.3) is 0 Å². The molecule has 17 heavy (non-hydrogen) atoms. The molecule has 0 aliphatic heterocycles. The van der Waals surface area contributed by atoms with E-state index in [0.717, 1.165) is 19.6 Å². The first kappa shape index (κ1) is 13.1. The summed E-state index contributed by atoms with van der Waals surface area (Å²) in [5.41, 5.74) is 1.61. The van der Waals surface area contributed by atoms with Gasteiger partial charge in [-0.1, -0.05) is 6.92 Å². The maximum atomic E-state index is 3.59. The third-order valence-electron chi connectivity index (χ3n) is 3.30. The summed E-state index contributed by atoms with van der Waals surface area (Å²) < 4.78 is 0. The van der Waals surface area contributed by atoms with Gasteiger partial charge in [-0.3, -0.25) is 0 Å². The molecule has 0 amide bonds. The van der Waals surface area contributed by atoms with Gasteiger partial charge in [0.2, 0.25) is 0 Å². The lowest BCUT2D eigenvalue weighted by molar-refractivity contribution is 0.503. The number of hydrogen-bond acceptors (Lipinski definition) is 3. The summed E-state index contributed by atoms with van der Waals surface area (Å²) in [4.78, 5) is 3.15. The first-order chi connectivity index (χ1) is 8.29. The van der Waals surface area contributed by atoms with Crippen LogP contribution in [0.3, 0.4) is 0 Å². The highest BCUT2D eigenvalue weighted by atomic mass is 32.1. The van der Waals surface area contributed by atoms with Crippen LogP contribution in [-0.4, -0.2) is 19.1 Å². The van der Waals surface area contributed by atoms with E-state index in [1.807, 2.05) is 11.3 Å². The summed E-state index contributed by atoms with van der Waals surface area (Å²) >= 11 is 2.01. The van der Waals surface area contributed by atoms with Crippen molar-refractivity contribution in [2.45, 2.75) is 52.1 Å². The molecular weight excluding hydrogens is 228 g/mol. The molecule has 0 saturated heterocycles. The molecule has 1 aliphatic rings. The third kappa shape index (κ3) is 3.80. The van der Waals surface area contributed by atoms with E-state index in [2.05, 4.69) is 30.5 Å². The van der Waals surface area contributed by atoms with Crippen LogP contribution in [0.25, 0.3) is 0 Å². The van der Waals surface area contributed by atoms with Gasteiger partial charge >= 0.3 is 0 Å². The number of fused-ring (bicyclic) bond motifs is 1. The van der Waals surface area contributed by atoms with Crippen molar-refractivity contribution in [1.82, 2.24) is 10.6 Å². The van der Waals surface area contributed by atoms with Crippen molar-refractivity contribution in [1.29, 1.82) is 0 Å². The highest BCUT2D eigenvalue weighted by Gasteiger charge is 2.14. The second kappa shape index (κ2) is 6.53. The SMILES string of the molecule is CCCNCC(C)NCc1cc2c(s1)CCC2. The van der Waals surface area contributed by atoms with Crippen LogP contribution in [0, 0.1) is 0 Å². The molecule has 0 saturated carbocycles. The molecule has 1 heterocycles. The monoisotopic (exact) mass is 252 g/mol. The average molecular weight is 252 g/mol. The van der Waals surface area contributed by atoms with E-state index in [4.69, 9.17) is 0 Å². The largest absolute Gasteiger partial charge is 0.315 e. The summed E-state index contributed by atoms with van der Waals surface area (Å²) in [6.45, 7) is 7.69. The zero-order valence-electron chi connectivity index (χ0n) is 11.0. The van der Waals surface area contributed by atoms with Crippen molar-refractivity contribution < 1.29 is 0 Å². The standard InChI is InChI=1S/C14H24N2S/c1-3-7-15-9-11(2)16-10-13-8-12-5-4-6-14(12)17-13/h8,11,15-16H,3-7,9-10H2,1-2H3. The number of rotatable bonds is 7. The Hall–Kier alpha value is -0.380. The van der Waals surface area contributed by atoms with Gasteiger partial charge in [0.05, 0.1) is 0 Å². The van der Waals surface area contributed by atoms with Crippen LogP contribution in [0.2, 0.25) is 0 Å². The van der Waals surface area contributed by atoms with Gasteiger partial charge < -0.3 is 10.6 Å². The summed E-state index contributed by atoms with van der Waals surface area (Å²) in [6.07, 6.45) is 5.20. The van der Waals surface area contributed by atoms with E-state index in [1.165, 1.54) is 30.6 Å². The molecule has 3 heteroatoms. The first-order valence-corrected chi connectivity index (χ1v) is 7.65. The lowest BCUT2D eigenvalue weighted by Gasteiger charge is -2.13. The molecule has 2 rings (SSSR count). The molecule has 0 spiro atoms. The van der Waals surface area contributed by atoms with Crippen LogP contribution >= 0.6 is 11.3 Å². The smallest absolute Gasteiger partial charge is 0.0302 e. The van der Waals surface area contributed by atoms with Gasteiger partial charge in [0.1, 0.15) is 0 Å². The zero-order chi connectivity index (χ0) is 12.1. The average Bonchev–Trinajstić information content (AvgIpc) is 2.86. The van der Waals surface area contributed by atoms with Crippen molar-refractivity contribution in [3.8, 4) is 0 Å². The van der Waals surface area contributed by atoms with Gasteiger partial charge in [-0.2, -0.15) is 0 Å². The minimum atomic E-state index is 0.554. The van der Waals surface area contributed by atoms with Crippen molar-refractivity contribution in [3.63, 3.8) is 0 Å². The van der Waals surface area contributed by atoms with E-state index in [-0.39, 0.29) is 0 Å². The second-order valence-corrected chi connectivity index (χ2v) is 6.22. The molecule has 1 aromatic heterocycles. The number of aryl methyl sites for hydroxylation is 2. The summed E-state index contributed by atoms with van der Waals surface area (Å²) in [7, 11) is 0. The third-order valence-corrected chi connectivity index (χ3v) is 4.54. The molecular formula is C14H24N2S. The Kier molecular flexibility index (Phi) is 5.01. The van der Waals surface area contributed by atoms with Gasteiger partial charge in [0, 0.05) is 28.9 Å². The van der Waals surface area contributed by atoms with Crippen molar-refractivity contribution >= 4 is 11.3 Å². The van der Waals surface area contributed by atoms with Gasteiger partial charge in [-0.25, -0.2) is 0 Å². The fourth-order valence-corrected chi connectivity index (χ4v) is 3.53. The Morgan fingerprint density at radius 1 is 1.41 bits per heavy atom. The first-order valence-electron chi connectivity index (χ1n) is 6.84. The fraction of sp³-hybridized carbons (Fsp3) is 0.714. The van der Waals surface area contributed by atoms with Crippen LogP contribution in [0.1, 0.15) is 42.0 Å². The van der Waals surface area contributed by atoms with E-state index in [0.29, 0.717) is 6.04 Å². The van der Waals surface area contributed by atoms with Crippen LogP contribution in [-0.2, 0) is 19.4 Å². The highest BCUT2D eigenvalue weighted by Crippen LogP contribution is 2.30. The molecule has 1 aliphatic carbocycles. The molecule has 0 bridgehead atoms. The van der Waals surface area contributed by atoms with Gasteiger partial charge in [-0.15, -0.1) is 11.3 Å². The van der Waals surface area contributed by atoms with Crippen LogP contribution in [0.15, 0.2) is 6.07 Å². The van der Waals surface area contributed by atoms with Crippen LogP contribution < -0.4 is 10.6 Å². The molecule has 2 N–H and O–H groups in total. The highest BCUT2D eigenvalue weighted by molar-refractivity contribution is 7.12. The zero-order valence-corrected chi connectivity index (χ0v) is 11.8. The van der Waals surface area contributed by atoms with E-state index in [9.17, 15) is 0 Å². The number of thiophene rings is 1. The predicted octanol–water partition coefficient (Wildman–Crippen LogP) is 2.71. The molecule has 0 radical (unpaired) electrons. The lowest BCUT2D eigenvalue weighted by Crippen LogP contribution is -2.36. The second-order valence-electron chi connectivity index (χ2n) is 5.00. The number of nitrogens with one attached hydrogen (secondary N) is 2. The Labute approximate surface area is 109 Å². The van der Waals surface area contributed by atoms with Crippen molar-refractivity contribution in [3.05, 3.63) is 21.4 Å². The molecule has 0 fully saturated rings. The van der Waals surface area contributed by atoms with Crippen molar-refractivity contribution in [2.75, 3.05) is 13.1 Å². The Morgan fingerprint density at radius 2 is 2.29 bits per heavy atom. The molecule has 2 nitrogen and oxygen atoms in total. The summed E-state index contributed by atoms with van der Waals surface area (Å²) in [6, 6.07) is 2.96. The Balaban J connectivity index is 1.70. The van der Waals surface area contributed by atoms with Crippen molar-refractivity contribution in [2.24, 2.45) is 0 Å². The minimum absolute atomic E-state index is 0.554. The van der Waals surface area contributed by atoms with Gasteiger partial charge in [-0.05, 0) is 50.8 Å². The van der Waals surface area contributed by atoms with E-state index >= 15 is 0 Å². The molecule has 1 atom stereocenters. The topological polar surface area (TPSA) is 24.1 Å². The quantitative estimate of drug-likeness (QED) is 0.729. The van der Waals surface area contributed by atoms with E-state index in [1.54, 1.807) is 10.4 Å². The van der Waals surface area contributed by atoms with E-state index < -0.39 is 0 Å². The van der Waals surface area contributed by atoms with Crippen LogP contribution in [0.5, 0.6) is 0 Å². The fourth-order valence-electron chi connectivity index (χ4n) is 2.32. The lowest BCUT2D eigenvalue weighted by atomic mass is 10.2. The molecule has 96 valence electrons. The molecule has 1 aromatic rings. The molecule has 0 aromatic carbocycles. The minimum Gasteiger partial charge on any atom is -0.315 e. The normalized spacial score (nSPS) is 16.1.